The molecule has 7 heteroatoms. The molecule has 2 unspecified atom stereocenters. The van der Waals surface area contributed by atoms with E-state index in [1.165, 1.54) is 103 Å². The van der Waals surface area contributed by atoms with E-state index in [2.05, 4.69) is 6.92 Å². The van der Waals surface area contributed by atoms with Gasteiger partial charge in [-0.15, -0.1) is 0 Å². The van der Waals surface area contributed by atoms with Crippen LogP contribution >= 0.6 is 0 Å². The molecule has 3 N–H and O–H groups in total. The number of ether oxygens (including phenoxy) is 2. The predicted octanol–water partition coefficient (Wildman–Crippen LogP) is 7.47. The summed E-state index contributed by atoms with van der Waals surface area (Å²) in [5, 5.41) is 28.4. The third-order valence-electron chi connectivity index (χ3n) is 7.80. The van der Waals surface area contributed by atoms with E-state index in [0.29, 0.717) is 12.0 Å². The van der Waals surface area contributed by atoms with Crippen molar-refractivity contribution >= 4 is 11.9 Å². The Morgan fingerprint density at radius 2 is 1.17 bits per heavy atom. The third kappa shape index (κ3) is 20.0. The second kappa shape index (κ2) is 26.7. The Morgan fingerprint density at radius 1 is 0.690 bits per heavy atom. The van der Waals surface area contributed by atoms with Crippen LogP contribution in [0.25, 0.3) is 0 Å². The minimum atomic E-state index is -0.988. The number of benzene rings is 1. The SMILES string of the molecule is CCCCCCCCCCCCCCCCCCCCCC(=O)OCC(CO)OC(=O)c1ccccc1CC(O)CO. The maximum atomic E-state index is 12.6. The highest BCUT2D eigenvalue weighted by atomic mass is 16.6. The highest BCUT2D eigenvalue weighted by Crippen LogP contribution is 2.16. The van der Waals surface area contributed by atoms with Crippen LogP contribution in [0.2, 0.25) is 0 Å². The van der Waals surface area contributed by atoms with Gasteiger partial charge in [0.15, 0.2) is 6.10 Å². The number of esters is 2. The van der Waals surface area contributed by atoms with E-state index in [1.54, 1.807) is 24.3 Å². The number of carbonyl (C=O) groups excluding carboxylic acids is 2. The van der Waals surface area contributed by atoms with Gasteiger partial charge in [0.25, 0.3) is 0 Å². The summed E-state index contributed by atoms with van der Waals surface area (Å²) in [5.74, 6) is -1.03. The summed E-state index contributed by atoms with van der Waals surface area (Å²) >= 11 is 0. The van der Waals surface area contributed by atoms with Crippen LogP contribution in [0.15, 0.2) is 24.3 Å². The maximum Gasteiger partial charge on any atom is 0.338 e. The summed E-state index contributed by atoms with van der Waals surface area (Å²) < 4.78 is 10.6. The van der Waals surface area contributed by atoms with Gasteiger partial charge in [-0.05, 0) is 18.1 Å². The molecule has 0 aliphatic carbocycles. The molecule has 0 saturated heterocycles. The van der Waals surface area contributed by atoms with Crippen molar-refractivity contribution < 1.29 is 34.4 Å². The number of unbranched alkanes of at least 4 members (excludes halogenated alkanes) is 18. The molecular weight excluding hydrogens is 532 g/mol. The fourth-order valence-electron chi connectivity index (χ4n) is 5.16. The second-order valence-corrected chi connectivity index (χ2v) is 11.7. The van der Waals surface area contributed by atoms with Gasteiger partial charge in [-0.1, -0.05) is 141 Å². The van der Waals surface area contributed by atoms with E-state index in [9.17, 15) is 19.8 Å². The summed E-state index contributed by atoms with van der Waals surface area (Å²) in [6.45, 7) is 1.17. The number of aliphatic hydroxyl groups is 3. The Balaban J connectivity index is 2.01. The fraction of sp³-hybridized carbons (Fsp3) is 0.771. The molecule has 1 aromatic carbocycles. The first-order chi connectivity index (χ1) is 20.5. The molecular formula is C35H60O7. The summed E-state index contributed by atoms with van der Waals surface area (Å²) in [5.41, 5.74) is 0.769. The quantitative estimate of drug-likeness (QED) is 0.0683. The average Bonchev–Trinajstić information content (AvgIpc) is 3.00. The van der Waals surface area contributed by atoms with E-state index in [1.807, 2.05) is 0 Å². The van der Waals surface area contributed by atoms with Crippen LogP contribution in [0.4, 0.5) is 0 Å². The van der Waals surface area contributed by atoms with Gasteiger partial charge in [0.1, 0.15) is 6.61 Å². The lowest BCUT2D eigenvalue weighted by molar-refractivity contribution is -0.147. The molecule has 42 heavy (non-hydrogen) atoms. The second-order valence-electron chi connectivity index (χ2n) is 11.7. The zero-order valence-electron chi connectivity index (χ0n) is 26.4. The Labute approximate surface area is 255 Å². The fourth-order valence-corrected chi connectivity index (χ4v) is 5.16. The standard InChI is InChI=1S/C35H60O7/c1-2-3-4-5-6-7-8-9-10-11-12-13-14-15-16-17-18-19-20-25-34(39)41-29-32(28-37)42-35(40)33-24-22-21-23-30(33)26-31(38)27-36/h21-24,31-32,36-38H,2-20,25-29H2,1H3. The van der Waals surface area contributed by atoms with Crippen LogP contribution in [-0.2, 0) is 20.7 Å². The summed E-state index contributed by atoms with van der Waals surface area (Å²) in [6, 6.07) is 6.62. The smallest absolute Gasteiger partial charge is 0.338 e. The molecule has 0 aromatic heterocycles. The highest BCUT2D eigenvalue weighted by Gasteiger charge is 2.20. The van der Waals surface area contributed by atoms with Crippen molar-refractivity contribution in [2.45, 2.75) is 154 Å². The van der Waals surface area contributed by atoms with Gasteiger partial charge in [-0.25, -0.2) is 4.79 Å². The largest absolute Gasteiger partial charge is 0.462 e. The Hall–Kier alpha value is -1.96. The van der Waals surface area contributed by atoms with Crippen LogP contribution in [0.5, 0.6) is 0 Å². The molecule has 7 nitrogen and oxygen atoms in total. The van der Waals surface area contributed by atoms with Crippen molar-refractivity contribution in [3.05, 3.63) is 35.4 Å². The molecule has 0 heterocycles. The molecule has 2 atom stereocenters. The van der Waals surface area contributed by atoms with Gasteiger partial charge in [0.05, 0.1) is 24.9 Å². The number of hydrogen-bond acceptors (Lipinski definition) is 7. The zero-order valence-corrected chi connectivity index (χ0v) is 26.4. The van der Waals surface area contributed by atoms with Gasteiger partial charge in [-0.3, -0.25) is 4.79 Å². The van der Waals surface area contributed by atoms with Gasteiger partial charge < -0.3 is 24.8 Å². The van der Waals surface area contributed by atoms with Crippen LogP contribution in [-0.4, -0.2) is 59.3 Å². The Kier molecular flexibility index (Phi) is 24.2. The van der Waals surface area contributed by atoms with Crippen molar-refractivity contribution in [1.82, 2.24) is 0 Å². The highest BCUT2D eigenvalue weighted by molar-refractivity contribution is 5.91. The number of aliphatic hydroxyl groups excluding tert-OH is 3. The summed E-state index contributed by atoms with van der Waals surface area (Å²) in [4.78, 5) is 24.7. The van der Waals surface area contributed by atoms with Gasteiger partial charge in [-0.2, -0.15) is 0 Å². The van der Waals surface area contributed by atoms with E-state index < -0.39 is 31.4 Å². The Bertz CT molecular complexity index is 797. The summed E-state index contributed by atoms with van der Waals surface area (Å²) in [7, 11) is 0. The maximum absolute atomic E-state index is 12.6. The molecule has 0 fully saturated rings. The first kappa shape index (κ1) is 38.1. The van der Waals surface area contributed by atoms with Crippen molar-refractivity contribution in [1.29, 1.82) is 0 Å². The van der Waals surface area contributed by atoms with Crippen molar-refractivity contribution in [2.24, 2.45) is 0 Å². The molecule has 0 saturated carbocycles. The lowest BCUT2D eigenvalue weighted by atomic mass is 10.0. The first-order valence-corrected chi connectivity index (χ1v) is 16.9. The predicted molar refractivity (Wildman–Crippen MR) is 169 cm³/mol. The summed E-state index contributed by atoms with van der Waals surface area (Å²) in [6.07, 6.45) is 23.2. The molecule has 0 amide bonds. The molecule has 1 rings (SSSR count). The van der Waals surface area contributed by atoms with Crippen LogP contribution in [0.3, 0.4) is 0 Å². The van der Waals surface area contributed by atoms with Gasteiger partial charge in [0, 0.05) is 12.8 Å². The lowest BCUT2D eigenvalue weighted by Crippen LogP contribution is -2.29. The van der Waals surface area contributed by atoms with Crippen molar-refractivity contribution in [3.8, 4) is 0 Å². The van der Waals surface area contributed by atoms with Crippen LogP contribution < -0.4 is 0 Å². The van der Waals surface area contributed by atoms with Crippen molar-refractivity contribution in [3.63, 3.8) is 0 Å². The van der Waals surface area contributed by atoms with Gasteiger partial charge in [0.2, 0.25) is 0 Å². The lowest BCUT2D eigenvalue weighted by Gasteiger charge is -2.17. The number of hydrogen-bond donors (Lipinski definition) is 3. The third-order valence-corrected chi connectivity index (χ3v) is 7.80. The Morgan fingerprint density at radius 3 is 1.64 bits per heavy atom. The molecule has 0 bridgehead atoms. The van der Waals surface area contributed by atoms with E-state index in [0.717, 1.165) is 19.3 Å². The van der Waals surface area contributed by atoms with Crippen molar-refractivity contribution in [2.75, 3.05) is 19.8 Å². The number of carbonyl (C=O) groups is 2. The molecule has 0 spiro atoms. The number of rotatable bonds is 28. The molecule has 242 valence electrons. The van der Waals surface area contributed by atoms with E-state index in [4.69, 9.17) is 14.6 Å². The van der Waals surface area contributed by atoms with Crippen LogP contribution in [0, 0.1) is 0 Å². The molecule has 0 aliphatic heterocycles. The van der Waals surface area contributed by atoms with E-state index in [-0.39, 0.29) is 24.6 Å². The topological polar surface area (TPSA) is 113 Å². The van der Waals surface area contributed by atoms with Gasteiger partial charge >= 0.3 is 11.9 Å². The minimum absolute atomic E-state index is 0.0972. The van der Waals surface area contributed by atoms with Crippen LogP contribution in [0.1, 0.15) is 151 Å². The molecule has 0 aliphatic rings. The normalized spacial score (nSPS) is 12.7. The molecule has 1 aromatic rings. The zero-order chi connectivity index (χ0) is 30.7. The average molecular weight is 593 g/mol. The van der Waals surface area contributed by atoms with E-state index >= 15 is 0 Å². The minimum Gasteiger partial charge on any atom is -0.462 e. The first-order valence-electron chi connectivity index (χ1n) is 16.9. The monoisotopic (exact) mass is 592 g/mol. The molecule has 0 radical (unpaired) electrons.